The number of β-amino-alcohol motifs (C(OH)–C–C–N with tert-alkyl or cyclic N) is 1. The third kappa shape index (κ3) is 5.51. The SMILES string of the molecule is CC(C)(C)[Si](C)(C)OCCN1CCN(CCO)CC1. The lowest BCUT2D eigenvalue weighted by atomic mass is 10.2. The second-order valence-corrected chi connectivity index (χ2v) is 11.8. The molecule has 0 amide bonds. The third-order valence-corrected chi connectivity index (χ3v) is 9.10. The van der Waals surface area contributed by atoms with Gasteiger partial charge in [0.15, 0.2) is 8.32 Å². The summed E-state index contributed by atoms with van der Waals surface area (Å²) < 4.78 is 6.21. The van der Waals surface area contributed by atoms with E-state index in [1.165, 1.54) is 0 Å². The van der Waals surface area contributed by atoms with Gasteiger partial charge in [-0.2, -0.15) is 0 Å². The number of aliphatic hydroxyl groups excluding tert-OH is 1. The number of hydrogen-bond acceptors (Lipinski definition) is 4. The molecular weight excluding hydrogens is 256 g/mol. The molecule has 1 N–H and O–H groups in total. The Kier molecular flexibility index (Phi) is 6.46. The Balaban J connectivity index is 2.21. The van der Waals surface area contributed by atoms with E-state index in [4.69, 9.17) is 9.53 Å². The zero-order valence-electron chi connectivity index (χ0n) is 13.4. The van der Waals surface area contributed by atoms with Gasteiger partial charge < -0.3 is 9.53 Å². The zero-order valence-corrected chi connectivity index (χ0v) is 14.4. The van der Waals surface area contributed by atoms with Crippen LogP contribution in [0, 0.1) is 0 Å². The Bertz CT molecular complexity index is 259. The van der Waals surface area contributed by atoms with Gasteiger partial charge in [0, 0.05) is 45.9 Å². The number of nitrogens with zero attached hydrogens (tertiary/aromatic N) is 2. The number of aliphatic hydroxyl groups is 1. The summed E-state index contributed by atoms with van der Waals surface area (Å²) in [4.78, 5) is 4.80. The average molecular weight is 289 g/mol. The van der Waals surface area contributed by atoms with Crippen molar-refractivity contribution in [1.29, 1.82) is 0 Å². The van der Waals surface area contributed by atoms with Crippen LogP contribution in [0.25, 0.3) is 0 Å². The summed E-state index contributed by atoms with van der Waals surface area (Å²) in [5.74, 6) is 0. The van der Waals surface area contributed by atoms with E-state index in [2.05, 4.69) is 43.7 Å². The number of piperazine rings is 1. The van der Waals surface area contributed by atoms with E-state index < -0.39 is 8.32 Å². The molecule has 1 aliphatic rings. The quantitative estimate of drug-likeness (QED) is 0.754. The molecule has 0 unspecified atom stereocenters. The van der Waals surface area contributed by atoms with Crippen molar-refractivity contribution in [3.8, 4) is 0 Å². The van der Waals surface area contributed by atoms with Crippen LogP contribution < -0.4 is 0 Å². The molecule has 0 saturated carbocycles. The van der Waals surface area contributed by atoms with Gasteiger partial charge in [0.1, 0.15) is 0 Å². The molecule has 0 atom stereocenters. The van der Waals surface area contributed by atoms with Crippen LogP contribution in [0.5, 0.6) is 0 Å². The van der Waals surface area contributed by atoms with Crippen molar-refractivity contribution >= 4 is 8.32 Å². The summed E-state index contributed by atoms with van der Waals surface area (Å²) in [6.07, 6.45) is 0. The summed E-state index contributed by atoms with van der Waals surface area (Å²) in [6.45, 7) is 18.8. The minimum Gasteiger partial charge on any atom is -0.416 e. The molecule has 0 aliphatic carbocycles. The van der Waals surface area contributed by atoms with E-state index in [-0.39, 0.29) is 6.61 Å². The van der Waals surface area contributed by atoms with Crippen LogP contribution in [-0.2, 0) is 4.43 Å². The van der Waals surface area contributed by atoms with Gasteiger partial charge in [-0.3, -0.25) is 9.80 Å². The molecule has 1 rings (SSSR count). The highest BCUT2D eigenvalue weighted by molar-refractivity contribution is 6.74. The normalized spacial score (nSPS) is 19.9. The smallest absolute Gasteiger partial charge is 0.192 e. The molecule has 114 valence electrons. The molecule has 0 aromatic heterocycles. The average Bonchev–Trinajstić information content (AvgIpc) is 2.30. The molecule has 1 heterocycles. The Hall–Kier alpha value is 0.0569. The summed E-state index contributed by atoms with van der Waals surface area (Å²) in [5.41, 5.74) is 0. The molecule has 1 saturated heterocycles. The molecule has 1 fully saturated rings. The van der Waals surface area contributed by atoms with Crippen LogP contribution in [0.2, 0.25) is 18.1 Å². The summed E-state index contributed by atoms with van der Waals surface area (Å²) in [6, 6.07) is 0. The van der Waals surface area contributed by atoms with Gasteiger partial charge in [0.2, 0.25) is 0 Å². The molecule has 19 heavy (non-hydrogen) atoms. The van der Waals surface area contributed by atoms with Gasteiger partial charge in [0.25, 0.3) is 0 Å². The molecule has 0 aromatic carbocycles. The van der Waals surface area contributed by atoms with Crippen molar-refractivity contribution in [3.63, 3.8) is 0 Å². The van der Waals surface area contributed by atoms with E-state index in [1.807, 2.05) is 0 Å². The molecular formula is C14H32N2O2Si. The summed E-state index contributed by atoms with van der Waals surface area (Å²) in [7, 11) is -1.59. The van der Waals surface area contributed by atoms with Crippen LogP contribution in [0.4, 0.5) is 0 Å². The predicted molar refractivity (Wildman–Crippen MR) is 83.1 cm³/mol. The highest BCUT2D eigenvalue weighted by Gasteiger charge is 2.37. The van der Waals surface area contributed by atoms with Crippen molar-refractivity contribution in [2.75, 3.05) is 52.5 Å². The fourth-order valence-electron chi connectivity index (χ4n) is 2.02. The molecule has 0 aromatic rings. The second-order valence-electron chi connectivity index (χ2n) is 7.02. The highest BCUT2D eigenvalue weighted by atomic mass is 28.4. The fraction of sp³-hybridized carbons (Fsp3) is 1.00. The van der Waals surface area contributed by atoms with Crippen molar-refractivity contribution < 1.29 is 9.53 Å². The van der Waals surface area contributed by atoms with Gasteiger partial charge in [0.05, 0.1) is 6.61 Å². The summed E-state index contributed by atoms with van der Waals surface area (Å²) in [5, 5.41) is 9.22. The number of hydrogen-bond donors (Lipinski definition) is 1. The molecule has 0 spiro atoms. The zero-order chi connectivity index (χ0) is 14.5. The topological polar surface area (TPSA) is 35.9 Å². The van der Waals surface area contributed by atoms with Crippen molar-refractivity contribution in [2.24, 2.45) is 0 Å². The maximum atomic E-state index is 8.92. The minimum absolute atomic E-state index is 0.272. The first-order valence-corrected chi connectivity index (χ1v) is 10.4. The van der Waals surface area contributed by atoms with E-state index in [0.29, 0.717) is 5.04 Å². The maximum absolute atomic E-state index is 8.92. The predicted octanol–water partition coefficient (Wildman–Crippen LogP) is 1.62. The van der Waals surface area contributed by atoms with Gasteiger partial charge in [-0.1, -0.05) is 20.8 Å². The molecule has 5 heteroatoms. The standard InChI is InChI=1S/C14H32N2O2Si/c1-14(2,3)19(4,5)18-13-11-16-8-6-15(7-9-16)10-12-17/h17H,6-13H2,1-5H3. The highest BCUT2D eigenvalue weighted by Crippen LogP contribution is 2.36. The Morgan fingerprint density at radius 1 is 1.00 bits per heavy atom. The van der Waals surface area contributed by atoms with Gasteiger partial charge >= 0.3 is 0 Å². The summed E-state index contributed by atoms with van der Waals surface area (Å²) >= 11 is 0. The monoisotopic (exact) mass is 288 g/mol. The Morgan fingerprint density at radius 2 is 1.47 bits per heavy atom. The third-order valence-electron chi connectivity index (χ3n) is 4.56. The van der Waals surface area contributed by atoms with E-state index in [1.54, 1.807) is 0 Å². The Morgan fingerprint density at radius 3 is 1.89 bits per heavy atom. The largest absolute Gasteiger partial charge is 0.416 e. The maximum Gasteiger partial charge on any atom is 0.192 e. The first-order valence-electron chi connectivity index (χ1n) is 7.46. The molecule has 0 radical (unpaired) electrons. The van der Waals surface area contributed by atoms with Crippen molar-refractivity contribution in [3.05, 3.63) is 0 Å². The lowest BCUT2D eigenvalue weighted by Crippen LogP contribution is -2.49. The van der Waals surface area contributed by atoms with Crippen molar-refractivity contribution in [2.45, 2.75) is 38.9 Å². The van der Waals surface area contributed by atoms with Crippen LogP contribution in [0.3, 0.4) is 0 Å². The van der Waals surface area contributed by atoms with E-state index in [0.717, 1.165) is 45.9 Å². The van der Waals surface area contributed by atoms with Crippen LogP contribution in [0.1, 0.15) is 20.8 Å². The van der Waals surface area contributed by atoms with E-state index >= 15 is 0 Å². The number of rotatable bonds is 6. The minimum atomic E-state index is -1.59. The fourth-order valence-corrected chi connectivity index (χ4v) is 3.06. The van der Waals surface area contributed by atoms with Crippen LogP contribution >= 0.6 is 0 Å². The molecule has 0 bridgehead atoms. The first-order chi connectivity index (χ1) is 8.76. The Labute approximate surface area is 119 Å². The van der Waals surface area contributed by atoms with Gasteiger partial charge in [-0.25, -0.2) is 0 Å². The molecule has 4 nitrogen and oxygen atoms in total. The lowest BCUT2D eigenvalue weighted by Gasteiger charge is -2.38. The van der Waals surface area contributed by atoms with Crippen molar-refractivity contribution in [1.82, 2.24) is 9.80 Å². The van der Waals surface area contributed by atoms with E-state index in [9.17, 15) is 0 Å². The van der Waals surface area contributed by atoms with Gasteiger partial charge in [-0.15, -0.1) is 0 Å². The van der Waals surface area contributed by atoms with Crippen LogP contribution in [0.15, 0.2) is 0 Å². The van der Waals surface area contributed by atoms with Crippen LogP contribution in [-0.4, -0.2) is 75.7 Å². The lowest BCUT2D eigenvalue weighted by molar-refractivity contribution is 0.0996. The second kappa shape index (κ2) is 7.18. The molecule has 1 aliphatic heterocycles. The van der Waals surface area contributed by atoms with Gasteiger partial charge in [-0.05, 0) is 18.1 Å². The first kappa shape index (κ1) is 17.1.